The molecule has 28 heavy (non-hydrogen) atoms. The average molecular weight is 383 g/mol. The molecule has 0 radical (unpaired) electrons. The molecule has 0 bridgehead atoms. The standard InChI is InChI=1S/C26H38O2/c1-17-13-23(27)21(25(3,4)5)15-19(17)11-9-10-12-20-16-22(26(6,7)8)24(28)14-18(20)2/h11,13-14,16,27-28H,9-10,12,15H2,1-8H3. The van der Waals surface area contributed by atoms with Crippen LogP contribution in [-0.2, 0) is 11.8 Å². The van der Waals surface area contributed by atoms with Crippen LogP contribution in [0, 0.1) is 12.3 Å². The second-order valence-corrected chi connectivity index (χ2v) is 10.3. The van der Waals surface area contributed by atoms with Crippen molar-refractivity contribution < 1.29 is 10.2 Å². The molecule has 2 N–H and O–H groups in total. The van der Waals surface area contributed by atoms with E-state index in [1.54, 1.807) is 0 Å². The number of phenolic OH excluding ortho intramolecular Hbond substituents is 1. The van der Waals surface area contributed by atoms with Crippen molar-refractivity contribution in [2.24, 2.45) is 5.41 Å². The van der Waals surface area contributed by atoms with Crippen molar-refractivity contribution in [3.8, 4) is 5.75 Å². The Hall–Kier alpha value is -1.96. The topological polar surface area (TPSA) is 40.5 Å². The van der Waals surface area contributed by atoms with E-state index in [1.807, 2.05) is 12.1 Å². The molecule has 1 aromatic carbocycles. The number of unbranched alkanes of at least 4 members (excludes halogenated alkanes) is 1. The first-order valence-electron chi connectivity index (χ1n) is 10.4. The Morgan fingerprint density at radius 2 is 1.61 bits per heavy atom. The Bertz CT molecular complexity index is 821. The largest absolute Gasteiger partial charge is 0.508 e. The minimum atomic E-state index is -0.0593. The third-order valence-electron chi connectivity index (χ3n) is 5.74. The molecule has 0 unspecified atom stereocenters. The molecule has 1 aliphatic carbocycles. The van der Waals surface area contributed by atoms with Crippen LogP contribution in [0.15, 0.2) is 46.8 Å². The van der Waals surface area contributed by atoms with Crippen molar-refractivity contribution in [3.63, 3.8) is 0 Å². The molecule has 0 aromatic heterocycles. The van der Waals surface area contributed by atoms with Gasteiger partial charge >= 0.3 is 0 Å². The van der Waals surface area contributed by atoms with E-state index in [1.165, 1.54) is 16.7 Å². The van der Waals surface area contributed by atoms with Crippen molar-refractivity contribution in [1.82, 2.24) is 0 Å². The van der Waals surface area contributed by atoms with Gasteiger partial charge in [0.2, 0.25) is 0 Å². The Morgan fingerprint density at radius 3 is 2.18 bits per heavy atom. The van der Waals surface area contributed by atoms with Crippen molar-refractivity contribution in [2.75, 3.05) is 0 Å². The lowest BCUT2D eigenvalue weighted by molar-refractivity contribution is 0.381. The molecule has 1 aromatic rings. The third-order valence-corrected chi connectivity index (χ3v) is 5.74. The number of rotatable bonds is 4. The molecule has 0 heterocycles. The highest BCUT2D eigenvalue weighted by Gasteiger charge is 2.25. The molecule has 0 fully saturated rings. The number of allylic oxidation sites excluding steroid dienone is 5. The van der Waals surface area contributed by atoms with Crippen LogP contribution in [0.5, 0.6) is 5.75 Å². The molecule has 154 valence electrons. The maximum atomic E-state index is 10.3. The van der Waals surface area contributed by atoms with Gasteiger partial charge in [-0.05, 0) is 95.9 Å². The number of benzene rings is 1. The van der Waals surface area contributed by atoms with Crippen LogP contribution in [-0.4, -0.2) is 10.2 Å². The predicted molar refractivity (Wildman–Crippen MR) is 120 cm³/mol. The summed E-state index contributed by atoms with van der Waals surface area (Å²) < 4.78 is 0. The van der Waals surface area contributed by atoms with Gasteiger partial charge in [0.15, 0.2) is 0 Å². The zero-order valence-corrected chi connectivity index (χ0v) is 19.0. The van der Waals surface area contributed by atoms with Gasteiger partial charge in [-0.15, -0.1) is 0 Å². The van der Waals surface area contributed by atoms with E-state index in [0.29, 0.717) is 11.5 Å². The van der Waals surface area contributed by atoms with E-state index in [-0.39, 0.29) is 10.8 Å². The lowest BCUT2D eigenvalue weighted by Gasteiger charge is -2.28. The summed E-state index contributed by atoms with van der Waals surface area (Å²) >= 11 is 0. The quantitative estimate of drug-likeness (QED) is 0.531. The summed E-state index contributed by atoms with van der Waals surface area (Å²) in [5.41, 5.74) is 7.05. The van der Waals surface area contributed by atoms with Crippen LogP contribution in [0.25, 0.3) is 0 Å². The lowest BCUT2D eigenvalue weighted by Crippen LogP contribution is -2.15. The van der Waals surface area contributed by atoms with Crippen molar-refractivity contribution in [1.29, 1.82) is 0 Å². The van der Waals surface area contributed by atoms with Crippen LogP contribution in [0.4, 0.5) is 0 Å². The minimum Gasteiger partial charge on any atom is -0.508 e. The van der Waals surface area contributed by atoms with Crippen LogP contribution in [0.1, 0.15) is 84.4 Å². The molecule has 0 saturated heterocycles. The van der Waals surface area contributed by atoms with Crippen LogP contribution in [0.3, 0.4) is 0 Å². The number of hydrogen-bond donors (Lipinski definition) is 2. The van der Waals surface area contributed by atoms with E-state index in [4.69, 9.17) is 0 Å². The van der Waals surface area contributed by atoms with E-state index in [2.05, 4.69) is 67.5 Å². The molecular formula is C26H38O2. The summed E-state index contributed by atoms with van der Waals surface area (Å²) in [6.45, 7) is 17.1. The zero-order chi connectivity index (χ0) is 21.3. The smallest absolute Gasteiger partial charge is 0.119 e. The maximum Gasteiger partial charge on any atom is 0.119 e. The second-order valence-electron chi connectivity index (χ2n) is 10.3. The highest BCUT2D eigenvalue weighted by atomic mass is 16.3. The lowest BCUT2D eigenvalue weighted by atomic mass is 9.78. The molecule has 2 rings (SSSR count). The fourth-order valence-electron chi connectivity index (χ4n) is 3.86. The Morgan fingerprint density at radius 1 is 0.964 bits per heavy atom. The summed E-state index contributed by atoms with van der Waals surface area (Å²) in [5, 5.41) is 20.6. The third kappa shape index (κ3) is 5.31. The minimum absolute atomic E-state index is 0.0209. The van der Waals surface area contributed by atoms with Crippen molar-refractivity contribution in [3.05, 3.63) is 63.5 Å². The number of aliphatic hydroxyl groups is 1. The highest BCUT2D eigenvalue weighted by Crippen LogP contribution is 2.38. The van der Waals surface area contributed by atoms with E-state index < -0.39 is 0 Å². The van der Waals surface area contributed by atoms with E-state index in [9.17, 15) is 10.2 Å². The number of aliphatic hydroxyl groups excluding tert-OH is 1. The van der Waals surface area contributed by atoms with Gasteiger partial charge in [-0.3, -0.25) is 0 Å². The normalized spacial score (nSPS) is 17.3. The Labute approximate surface area is 171 Å². The first kappa shape index (κ1) is 22.3. The summed E-state index contributed by atoms with van der Waals surface area (Å²) in [7, 11) is 0. The van der Waals surface area contributed by atoms with Crippen molar-refractivity contribution >= 4 is 0 Å². The van der Waals surface area contributed by atoms with Crippen LogP contribution in [0.2, 0.25) is 0 Å². The first-order chi connectivity index (χ1) is 12.8. The molecule has 1 aliphatic rings. The Balaban J connectivity index is 2.08. The first-order valence-corrected chi connectivity index (χ1v) is 10.4. The van der Waals surface area contributed by atoms with Crippen molar-refractivity contribution in [2.45, 2.75) is 86.5 Å². The molecule has 0 saturated carbocycles. The SMILES string of the molecule is CC1=CC(O)=C(C(C)(C)C)CC1=CCCCc1cc(C(C)(C)C)c(O)cc1C. The number of aromatic hydroxyl groups is 1. The van der Waals surface area contributed by atoms with Gasteiger partial charge in [0.25, 0.3) is 0 Å². The van der Waals surface area contributed by atoms with Gasteiger partial charge in [-0.25, -0.2) is 0 Å². The molecule has 2 nitrogen and oxygen atoms in total. The highest BCUT2D eigenvalue weighted by molar-refractivity contribution is 5.46. The van der Waals surface area contributed by atoms with Gasteiger partial charge < -0.3 is 10.2 Å². The van der Waals surface area contributed by atoms with Crippen LogP contribution >= 0.6 is 0 Å². The van der Waals surface area contributed by atoms with E-state index in [0.717, 1.165) is 42.4 Å². The molecule has 0 amide bonds. The monoisotopic (exact) mass is 382 g/mol. The summed E-state index contributed by atoms with van der Waals surface area (Å²) in [6, 6.07) is 4.09. The predicted octanol–water partition coefficient (Wildman–Crippen LogP) is 7.46. The van der Waals surface area contributed by atoms with Gasteiger partial charge in [0.05, 0.1) is 0 Å². The van der Waals surface area contributed by atoms with Gasteiger partial charge in [-0.2, -0.15) is 0 Å². The second kappa shape index (κ2) is 8.19. The van der Waals surface area contributed by atoms with Gasteiger partial charge in [0, 0.05) is 0 Å². The number of hydrogen-bond acceptors (Lipinski definition) is 2. The van der Waals surface area contributed by atoms with E-state index >= 15 is 0 Å². The number of aryl methyl sites for hydroxylation is 2. The fraction of sp³-hybridized carbons (Fsp3) is 0.538. The summed E-state index contributed by atoms with van der Waals surface area (Å²) in [5.74, 6) is 0.844. The fourth-order valence-corrected chi connectivity index (χ4v) is 3.86. The molecule has 0 atom stereocenters. The molecule has 0 aliphatic heterocycles. The summed E-state index contributed by atoms with van der Waals surface area (Å²) in [6.07, 6.45) is 8.19. The van der Waals surface area contributed by atoms with Gasteiger partial charge in [0.1, 0.15) is 11.5 Å². The molecular weight excluding hydrogens is 344 g/mol. The average Bonchev–Trinajstić information content (AvgIpc) is 2.52. The van der Waals surface area contributed by atoms with Gasteiger partial charge in [-0.1, -0.05) is 53.7 Å². The van der Waals surface area contributed by atoms with Crippen LogP contribution < -0.4 is 0 Å². The zero-order valence-electron chi connectivity index (χ0n) is 19.0. The molecule has 0 spiro atoms. The Kier molecular flexibility index (Phi) is 6.53. The summed E-state index contributed by atoms with van der Waals surface area (Å²) in [4.78, 5) is 0. The number of phenols is 1. The maximum absolute atomic E-state index is 10.3. The molecule has 2 heteroatoms.